The van der Waals surface area contributed by atoms with E-state index in [4.69, 9.17) is 35.4 Å². The van der Waals surface area contributed by atoms with Crippen molar-refractivity contribution in [3.05, 3.63) is 0 Å². The molecule has 0 saturated heterocycles. The molecule has 0 aromatic carbocycles. The lowest BCUT2D eigenvalue weighted by Crippen LogP contribution is -2.19. The van der Waals surface area contributed by atoms with Gasteiger partial charge in [-0.25, -0.2) is 0 Å². The van der Waals surface area contributed by atoms with Crippen molar-refractivity contribution in [3.63, 3.8) is 0 Å². The lowest BCUT2D eigenvalue weighted by molar-refractivity contribution is -0.208. The molecule has 0 heterocycles. The summed E-state index contributed by atoms with van der Waals surface area (Å²) in [6.45, 7) is 7.19. The zero-order valence-corrected chi connectivity index (χ0v) is 14.1. The molecule has 0 rings (SSSR count). The molecule has 138 valence electrons. The zero-order chi connectivity index (χ0) is 18.0. The summed E-state index contributed by atoms with van der Waals surface area (Å²) in [6, 6.07) is 0. The maximum atomic E-state index is 8.78. The van der Waals surface area contributed by atoms with Gasteiger partial charge in [-0.3, -0.25) is 0 Å². The third-order valence-electron chi connectivity index (χ3n) is 1.83. The molecule has 0 spiro atoms. The number of rotatable bonds is 9. The highest BCUT2D eigenvalue weighted by molar-refractivity contribution is 4.45. The maximum Gasteiger partial charge on any atom is 0.157 e. The molecule has 0 aromatic rings. The molecule has 4 unspecified atom stereocenters. The first-order valence-corrected chi connectivity index (χ1v) is 7.42. The summed E-state index contributed by atoms with van der Waals surface area (Å²) in [5.41, 5.74) is 0. The zero-order valence-electron chi connectivity index (χ0n) is 14.1. The number of aliphatic hydroxyl groups excluding tert-OH is 6. The Kier molecular flexibility index (Phi) is 25.0. The predicted molar refractivity (Wildman–Crippen MR) is 82.0 cm³/mol. The van der Waals surface area contributed by atoms with Gasteiger partial charge in [-0.15, -0.1) is 0 Å². The summed E-state index contributed by atoms with van der Waals surface area (Å²) < 4.78 is 9.52. The van der Waals surface area contributed by atoms with Crippen LogP contribution in [0.15, 0.2) is 0 Å². The van der Waals surface area contributed by atoms with Crippen LogP contribution in [0.3, 0.4) is 0 Å². The van der Waals surface area contributed by atoms with E-state index in [0.29, 0.717) is 26.1 Å². The smallest absolute Gasteiger partial charge is 0.157 e. The van der Waals surface area contributed by atoms with Crippen LogP contribution < -0.4 is 0 Å². The first kappa shape index (κ1) is 26.6. The van der Waals surface area contributed by atoms with Crippen molar-refractivity contribution in [1.29, 1.82) is 0 Å². The normalized spacial score (nSPS) is 15.5. The maximum absolute atomic E-state index is 8.78. The Bertz CT molecular complexity index is 172. The number of ether oxygens (including phenoxy) is 2. The minimum absolute atomic E-state index is 0.125. The van der Waals surface area contributed by atoms with E-state index in [2.05, 4.69) is 4.74 Å². The minimum Gasteiger partial charge on any atom is -0.394 e. The van der Waals surface area contributed by atoms with E-state index in [1.54, 1.807) is 27.7 Å². The van der Waals surface area contributed by atoms with Crippen LogP contribution in [0.25, 0.3) is 0 Å². The average molecular weight is 330 g/mol. The van der Waals surface area contributed by atoms with Gasteiger partial charge in [-0.2, -0.15) is 0 Å². The van der Waals surface area contributed by atoms with Gasteiger partial charge >= 0.3 is 0 Å². The van der Waals surface area contributed by atoms with Gasteiger partial charge in [0.05, 0.1) is 38.6 Å². The molecule has 22 heavy (non-hydrogen) atoms. The molecular formula is C14H34O8. The standard InChI is InChI=1S/2C6H14O3.C2H6O2/c1-5(7)3-9-4-6(2)8;1-3-5(7)9-6(8)4-2;3-1-2-4/h2*5-8H,3-4H2,1-2H3;3-4H,1-2H2. The quantitative estimate of drug-likeness (QED) is 0.302. The Morgan fingerprint density at radius 3 is 1.23 bits per heavy atom. The van der Waals surface area contributed by atoms with E-state index in [-0.39, 0.29) is 13.2 Å². The molecule has 0 radical (unpaired) electrons. The molecule has 8 heteroatoms. The van der Waals surface area contributed by atoms with Crippen LogP contribution in [-0.2, 0) is 9.47 Å². The fourth-order valence-electron chi connectivity index (χ4n) is 0.783. The van der Waals surface area contributed by atoms with Crippen molar-refractivity contribution in [2.45, 2.75) is 65.3 Å². The molecular weight excluding hydrogens is 296 g/mol. The molecule has 4 atom stereocenters. The van der Waals surface area contributed by atoms with E-state index in [0.717, 1.165) is 0 Å². The SMILES string of the molecule is CC(O)COCC(C)O.CCC(O)OC(O)CC.OCCO. The van der Waals surface area contributed by atoms with E-state index in [9.17, 15) is 0 Å². The number of hydrogen-bond acceptors (Lipinski definition) is 8. The molecule has 0 aliphatic rings. The van der Waals surface area contributed by atoms with Crippen LogP contribution in [0, 0.1) is 0 Å². The third-order valence-corrected chi connectivity index (χ3v) is 1.83. The molecule has 0 aliphatic heterocycles. The van der Waals surface area contributed by atoms with Crippen molar-refractivity contribution in [2.24, 2.45) is 0 Å². The Labute approximate surface area is 132 Å². The van der Waals surface area contributed by atoms with E-state index in [1.165, 1.54) is 0 Å². The van der Waals surface area contributed by atoms with Gasteiger partial charge in [-0.1, -0.05) is 13.8 Å². The Morgan fingerprint density at radius 1 is 0.727 bits per heavy atom. The molecule has 0 fully saturated rings. The van der Waals surface area contributed by atoms with E-state index < -0.39 is 24.8 Å². The van der Waals surface area contributed by atoms with Crippen molar-refractivity contribution in [3.8, 4) is 0 Å². The predicted octanol–water partition coefficient (Wildman–Crippen LogP) is -0.805. The van der Waals surface area contributed by atoms with Crippen LogP contribution in [-0.4, -0.2) is 81.9 Å². The summed E-state index contributed by atoms with van der Waals surface area (Å²) in [5, 5.41) is 50.1. The third kappa shape index (κ3) is 31.9. The van der Waals surface area contributed by atoms with Gasteiger partial charge < -0.3 is 40.1 Å². The topological polar surface area (TPSA) is 140 Å². The van der Waals surface area contributed by atoms with Gasteiger partial charge in [0, 0.05) is 0 Å². The van der Waals surface area contributed by atoms with Crippen LogP contribution >= 0.6 is 0 Å². The van der Waals surface area contributed by atoms with E-state index >= 15 is 0 Å². The highest BCUT2D eigenvalue weighted by Crippen LogP contribution is 1.99. The second-order valence-electron chi connectivity index (χ2n) is 4.54. The summed E-state index contributed by atoms with van der Waals surface area (Å²) in [6.07, 6.45) is -1.50. The molecule has 0 aromatic heterocycles. The first-order chi connectivity index (χ1) is 10.2. The average Bonchev–Trinajstić information content (AvgIpc) is 2.47. The monoisotopic (exact) mass is 330 g/mol. The van der Waals surface area contributed by atoms with Crippen molar-refractivity contribution in [1.82, 2.24) is 0 Å². The van der Waals surface area contributed by atoms with Crippen LogP contribution in [0.2, 0.25) is 0 Å². The van der Waals surface area contributed by atoms with Crippen LogP contribution in [0.5, 0.6) is 0 Å². The molecule has 8 nitrogen and oxygen atoms in total. The van der Waals surface area contributed by atoms with Gasteiger partial charge in [-0.05, 0) is 26.7 Å². The van der Waals surface area contributed by atoms with Crippen molar-refractivity contribution < 1.29 is 40.1 Å². The van der Waals surface area contributed by atoms with Crippen molar-refractivity contribution in [2.75, 3.05) is 26.4 Å². The largest absolute Gasteiger partial charge is 0.394 e. The highest BCUT2D eigenvalue weighted by atomic mass is 16.7. The summed E-state index contributed by atoms with van der Waals surface area (Å²) in [7, 11) is 0. The van der Waals surface area contributed by atoms with E-state index in [1.807, 2.05) is 0 Å². The van der Waals surface area contributed by atoms with Crippen LogP contribution in [0.4, 0.5) is 0 Å². The van der Waals surface area contributed by atoms with Gasteiger partial charge in [0.15, 0.2) is 12.6 Å². The van der Waals surface area contributed by atoms with Crippen molar-refractivity contribution >= 4 is 0 Å². The second kappa shape index (κ2) is 20.7. The number of aliphatic hydroxyl groups is 6. The Morgan fingerprint density at radius 2 is 1.05 bits per heavy atom. The van der Waals surface area contributed by atoms with Crippen LogP contribution in [0.1, 0.15) is 40.5 Å². The summed E-state index contributed by atoms with van der Waals surface area (Å²) in [5.74, 6) is 0. The van der Waals surface area contributed by atoms with Gasteiger partial charge in [0.25, 0.3) is 0 Å². The summed E-state index contributed by atoms with van der Waals surface area (Å²) in [4.78, 5) is 0. The first-order valence-electron chi connectivity index (χ1n) is 7.42. The molecule has 6 N–H and O–H groups in total. The highest BCUT2D eigenvalue weighted by Gasteiger charge is 2.05. The lowest BCUT2D eigenvalue weighted by atomic mass is 10.4. The Hall–Kier alpha value is -0.320. The van der Waals surface area contributed by atoms with Gasteiger partial charge in [0.2, 0.25) is 0 Å². The fraction of sp³-hybridized carbons (Fsp3) is 1.00. The minimum atomic E-state index is -0.819. The summed E-state index contributed by atoms with van der Waals surface area (Å²) >= 11 is 0. The fourth-order valence-corrected chi connectivity index (χ4v) is 0.783. The molecule has 0 amide bonds. The Balaban J connectivity index is -0.000000266. The molecule has 0 bridgehead atoms. The molecule has 0 saturated carbocycles. The second-order valence-corrected chi connectivity index (χ2v) is 4.54. The lowest BCUT2D eigenvalue weighted by Gasteiger charge is -2.13. The molecule has 0 aliphatic carbocycles. The number of hydrogen-bond donors (Lipinski definition) is 6. The van der Waals surface area contributed by atoms with Gasteiger partial charge in [0.1, 0.15) is 0 Å².